The Morgan fingerprint density at radius 2 is 2.00 bits per heavy atom. The highest BCUT2D eigenvalue weighted by Gasteiger charge is 2.29. The second-order valence-corrected chi connectivity index (χ2v) is 6.25. The molecule has 11 nitrogen and oxygen atoms in total. The fraction of sp³-hybridized carbons (Fsp3) is 0.211. The molecule has 0 amide bonds. The summed E-state index contributed by atoms with van der Waals surface area (Å²) < 4.78 is 10.2. The average Bonchev–Trinajstić information content (AvgIpc) is 2.73. The van der Waals surface area contributed by atoms with Crippen molar-refractivity contribution in [1.29, 1.82) is 10.5 Å². The number of nitriles is 2. The van der Waals surface area contributed by atoms with Crippen molar-refractivity contribution in [2.75, 3.05) is 23.9 Å². The predicted molar refractivity (Wildman–Crippen MR) is 108 cm³/mol. The van der Waals surface area contributed by atoms with Gasteiger partial charge in [0.15, 0.2) is 12.3 Å². The number of aromatic nitrogens is 1. The van der Waals surface area contributed by atoms with Gasteiger partial charge in [0.1, 0.15) is 35.1 Å². The van der Waals surface area contributed by atoms with Gasteiger partial charge in [0.25, 0.3) is 0 Å². The number of anilines is 3. The smallest absolute Gasteiger partial charge is 0.346 e. The topological polar surface area (TPSA) is 184 Å². The van der Waals surface area contributed by atoms with Crippen LogP contribution in [-0.2, 0) is 9.53 Å². The molecule has 2 heterocycles. The predicted octanol–water partition coefficient (Wildman–Crippen LogP) is 1.000. The molecule has 0 aliphatic carbocycles. The molecule has 1 aliphatic rings. The van der Waals surface area contributed by atoms with Crippen LogP contribution >= 0.6 is 0 Å². The number of carbonyl (C=O) groups excluding carboxylic acids is 1. The van der Waals surface area contributed by atoms with Gasteiger partial charge in [0, 0.05) is 5.56 Å². The maximum absolute atomic E-state index is 11.5. The Morgan fingerprint density at radius 1 is 1.30 bits per heavy atom. The van der Waals surface area contributed by atoms with Gasteiger partial charge in [-0.15, -0.1) is 0 Å². The van der Waals surface area contributed by atoms with Gasteiger partial charge in [-0.3, -0.25) is 5.32 Å². The third-order valence-electron chi connectivity index (χ3n) is 4.40. The third-order valence-corrected chi connectivity index (χ3v) is 4.40. The summed E-state index contributed by atoms with van der Waals surface area (Å²) in [7, 11) is 1.28. The van der Waals surface area contributed by atoms with E-state index in [1.165, 1.54) is 7.11 Å². The molecule has 0 spiro atoms. The molecular formula is C19H18N8O3. The Morgan fingerprint density at radius 3 is 2.60 bits per heavy atom. The summed E-state index contributed by atoms with van der Waals surface area (Å²) in [5.74, 6) is 0.376. The fourth-order valence-electron chi connectivity index (χ4n) is 2.97. The van der Waals surface area contributed by atoms with Crippen molar-refractivity contribution in [2.24, 2.45) is 4.99 Å². The van der Waals surface area contributed by atoms with Crippen molar-refractivity contribution in [3.63, 3.8) is 0 Å². The molecule has 3 rings (SSSR count). The number of nitrogens with two attached hydrogens (primary N) is 2. The Hall–Kier alpha value is -4.51. The lowest BCUT2D eigenvalue weighted by Gasteiger charge is -2.26. The van der Waals surface area contributed by atoms with E-state index in [9.17, 15) is 10.1 Å². The van der Waals surface area contributed by atoms with E-state index >= 15 is 0 Å². The minimum atomic E-state index is -0.772. The van der Waals surface area contributed by atoms with Gasteiger partial charge in [-0.2, -0.15) is 10.5 Å². The molecular weight excluding hydrogens is 388 g/mol. The molecule has 0 saturated carbocycles. The molecule has 11 heteroatoms. The summed E-state index contributed by atoms with van der Waals surface area (Å²) >= 11 is 0. The molecule has 2 aromatic rings. The number of nitrogens with one attached hydrogen (secondary N) is 2. The van der Waals surface area contributed by atoms with Gasteiger partial charge < -0.3 is 26.3 Å². The number of fused-ring (bicyclic) bond motifs is 1. The van der Waals surface area contributed by atoms with Crippen LogP contribution in [0.25, 0.3) is 0 Å². The van der Waals surface area contributed by atoms with E-state index in [2.05, 4.69) is 25.3 Å². The minimum absolute atomic E-state index is 0.0289. The zero-order valence-electron chi connectivity index (χ0n) is 16.1. The summed E-state index contributed by atoms with van der Waals surface area (Å²) in [5.41, 5.74) is 13.4. The van der Waals surface area contributed by atoms with Gasteiger partial charge in [0.2, 0.25) is 5.96 Å². The summed E-state index contributed by atoms with van der Waals surface area (Å²) in [5, 5.41) is 23.6. The SMILES string of the molecule is COC(=O)C(C)Oc1ccc(C2N=C(NC#N)Nc3nc(N)c(C#N)c(N)c32)cc1. The van der Waals surface area contributed by atoms with Crippen molar-refractivity contribution in [2.45, 2.75) is 19.1 Å². The first-order valence-electron chi connectivity index (χ1n) is 8.72. The number of benzene rings is 1. The summed E-state index contributed by atoms with van der Waals surface area (Å²) in [6, 6.07) is 8.07. The van der Waals surface area contributed by atoms with Crippen molar-refractivity contribution in [3.05, 3.63) is 41.0 Å². The lowest BCUT2D eigenvalue weighted by molar-refractivity contribution is -0.147. The first-order valence-corrected chi connectivity index (χ1v) is 8.72. The number of pyridine rings is 1. The molecule has 0 fully saturated rings. The third kappa shape index (κ3) is 3.72. The fourth-order valence-corrected chi connectivity index (χ4v) is 2.97. The number of guanidine groups is 1. The van der Waals surface area contributed by atoms with E-state index in [1.54, 1.807) is 37.4 Å². The number of esters is 1. The highest BCUT2D eigenvalue weighted by atomic mass is 16.6. The van der Waals surface area contributed by atoms with E-state index in [0.717, 1.165) is 0 Å². The van der Waals surface area contributed by atoms with E-state index in [0.29, 0.717) is 22.7 Å². The number of aliphatic imine (C=N–C) groups is 1. The molecule has 6 N–H and O–H groups in total. The van der Waals surface area contributed by atoms with E-state index in [4.69, 9.17) is 21.5 Å². The lowest BCUT2D eigenvalue weighted by atomic mass is 9.95. The van der Waals surface area contributed by atoms with Crippen LogP contribution in [-0.4, -0.2) is 30.1 Å². The number of carbonyl (C=O) groups is 1. The Balaban J connectivity index is 2.02. The molecule has 1 aromatic heterocycles. The number of ether oxygens (including phenoxy) is 2. The lowest BCUT2D eigenvalue weighted by Crippen LogP contribution is -2.32. The zero-order valence-corrected chi connectivity index (χ0v) is 16.1. The quantitative estimate of drug-likeness (QED) is 0.324. The van der Waals surface area contributed by atoms with E-state index in [-0.39, 0.29) is 23.0 Å². The number of hydrogen-bond donors (Lipinski definition) is 4. The van der Waals surface area contributed by atoms with Crippen molar-refractivity contribution >= 4 is 29.3 Å². The minimum Gasteiger partial charge on any atom is -0.479 e. The maximum Gasteiger partial charge on any atom is 0.346 e. The van der Waals surface area contributed by atoms with Gasteiger partial charge in [-0.1, -0.05) is 12.1 Å². The van der Waals surface area contributed by atoms with Crippen LogP contribution in [0.5, 0.6) is 5.75 Å². The van der Waals surface area contributed by atoms with Gasteiger partial charge >= 0.3 is 5.97 Å². The number of nitrogen functional groups attached to an aromatic ring is 2. The van der Waals surface area contributed by atoms with Crippen LogP contribution < -0.4 is 26.8 Å². The van der Waals surface area contributed by atoms with Crippen LogP contribution in [0.4, 0.5) is 17.3 Å². The van der Waals surface area contributed by atoms with Crippen LogP contribution in [0.1, 0.15) is 29.7 Å². The summed E-state index contributed by atoms with van der Waals surface area (Å²) in [6.07, 6.45) is 1.02. The highest BCUT2D eigenvalue weighted by Crippen LogP contribution is 2.40. The van der Waals surface area contributed by atoms with Crippen LogP contribution in [0.2, 0.25) is 0 Å². The standard InChI is InChI=1S/C19H18N8O3/c1-9(18(28)29-2)30-11-5-3-10(4-6-11)15-13-14(22)12(7-20)16(23)26-17(13)27-19(25-15)24-8-21/h3-6,9,15H,1-2H3,(H6,22,23,24,25,26,27). The summed E-state index contributed by atoms with van der Waals surface area (Å²) in [4.78, 5) is 20.2. The van der Waals surface area contributed by atoms with E-state index in [1.807, 2.05) is 6.07 Å². The Bertz CT molecular complexity index is 1100. The molecule has 0 saturated heterocycles. The summed E-state index contributed by atoms with van der Waals surface area (Å²) in [6.45, 7) is 1.58. The first kappa shape index (κ1) is 20.2. The highest BCUT2D eigenvalue weighted by molar-refractivity contribution is 5.98. The number of methoxy groups -OCH3 is 1. The number of hydrogen-bond acceptors (Lipinski definition) is 11. The number of nitrogens with zero attached hydrogens (tertiary/aromatic N) is 4. The van der Waals surface area contributed by atoms with Gasteiger partial charge in [-0.25, -0.2) is 14.8 Å². The van der Waals surface area contributed by atoms with Gasteiger partial charge in [0.05, 0.1) is 12.8 Å². The van der Waals surface area contributed by atoms with Crippen molar-refractivity contribution in [3.8, 4) is 18.0 Å². The normalized spacial score (nSPS) is 15.3. The molecule has 152 valence electrons. The monoisotopic (exact) mass is 406 g/mol. The largest absolute Gasteiger partial charge is 0.479 e. The Kier molecular flexibility index (Phi) is 5.56. The number of rotatable bonds is 4. The van der Waals surface area contributed by atoms with Crippen LogP contribution in [0.3, 0.4) is 0 Å². The maximum atomic E-state index is 11.5. The second kappa shape index (κ2) is 8.24. The molecule has 0 radical (unpaired) electrons. The van der Waals surface area contributed by atoms with Gasteiger partial charge in [-0.05, 0) is 24.6 Å². The molecule has 30 heavy (non-hydrogen) atoms. The zero-order chi connectivity index (χ0) is 21.8. The van der Waals surface area contributed by atoms with Crippen LogP contribution in [0.15, 0.2) is 29.3 Å². The molecule has 0 bridgehead atoms. The molecule has 1 aliphatic heterocycles. The molecule has 1 aromatic carbocycles. The molecule has 2 unspecified atom stereocenters. The van der Waals surface area contributed by atoms with Crippen molar-refractivity contribution < 1.29 is 14.3 Å². The van der Waals surface area contributed by atoms with Crippen molar-refractivity contribution in [1.82, 2.24) is 10.3 Å². The average molecular weight is 406 g/mol. The van der Waals surface area contributed by atoms with E-state index < -0.39 is 18.1 Å². The second-order valence-electron chi connectivity index (χ2n) is 6.25. The first-order chi connectivity index (χ1) is 14.4. The molecule has 2 atom stereocenters. The Labute approximate surface area is 171 Å². The van der Waals surface area contributed by atoms with Crippen LogP contribution in [0, 0.1) is 22.8 Å².